The van der Waals surface area contributed by atoms with E-state index in [1.54, 1.807) is 6.20 Å². The van der Waals surface area contributed by atoms with Gasteiger partial charge in [-0.25, -0.2) is 19.9 Å². The number of aromatic nitrogens is 8. The van der Waals surface area contributed by atoms with Crippen molar-refractivity contribution in [2.45, 2.75) is 0 Å². The van der Waals surface area contributed by atoms with Gasteiger partial charge in [-0.1, -0.05) is 273 Å². The van der Waals surface area contributed by atoms with E-state index >= 15 is 0 Å². The van der Waals surface area contributed by atoms with Gasteiger partial charge in [0.25, 0.3) is 0 Å². The van der Waals surface area contributed by atoms with Crippen LogP contribution in [-0.4, -0.2) is 39.0 Å². The van der Waals surface area contributed by atoms with E-state index in [1.165, 1.54) is 38.1 Å². The Morgan fingerprint density at radius 3 is 1.28 bits per heavy atom. The second kappa shape index (κ2) is 25.9. The van der Waals surface area contributed by atoms with E-state index in [1.807, 2.05) is 42.9 Å². The van der Waals surface area contributed by atoms with Crippen LogP contribution in [-0.2, 0) is 0 Å². The summed E-state index contributed by atoms with van der Waals surface area (Å²) in [6.45, 7) is 0. The largest absolute Gasteiger partial charge is 0.309 e. The van der Waals surface area contributed by atoms with Gasteiger partial charge in [-0.05, 0) is 150 Å². The smallest absolute Gasteiger partial charge is 0.160 e. The Bertz CT molecular complexity index is 6790. The highest BCUT2D eigenvalue weighted by atomic mass is 15.0. The fraction of sp³-hybridized carbons (Fsp3) is 0. The molecule has 0 unspecified atom stereocenters. The van der Waals surface area contributed by atoms with E-state index in [-0.39, 0.29) is 0 Å². The summed E-state index contributed by atoms with van der Waals surface area (Å²) in [6.07, 6.45) is 7.53. The average molecular weight is 1350 g/mol. The molecule has 6 heterocycles. The molecule has 0 aliphatic carbocycles. The molecule has 8 nitrogen and oxygen atoms in total. The number of pyridine rings is 2. The van der Waals surface area contributed by atoms with Crippen molar-refractivity contribution in [3.63, 3.8) is 0 Å². The second-order valence-corrected chi connectivity index (χ2v) is 26.9. The molecule has 0 radical (unpaired) electrons. The standard InChI is InChI=1S/C98H62N8/c1-4-21-67(22-5-1)97-101-88(59-90(103-97)82-53-51-80(77-31-11-13-33-79(77)82)85-36-19-39-94-96(85)86-35-15-17-38-93(86)105(94)72-26-6-2-7-27-72)66-46-42-64(43-47-66)87-62-100-56-54-75(87)68-23-18-24-70(57-68)98-102-89(65-44-40-63(41-45-65)71-25-20-55-99-61-71)60-91(104-98)81-52-50-74(76-30-10-12-32-78(76)81)69-48-49-84-83-34-14-16-37-92(83)106(95(84)58-69)73-28-8-3-9-29-73/h1-62H. The fourth-order valence-electron chi connectivity index (χ4n) is 15.8. The molecule has 0 spiro atoms. The highest BCUT2D eigenvalue weighted by Crippen LogP contribution is 2.46. The Morgan fingerprint density at radius 2 is 0.632 bits per heavy atom. The molecule has 0 saturated heterocycles. The summed E-state index contributed by atoms with van der Waals surface area (Å²) >= 11 is 0. The van der Waals surface area contributed by atoms with Crippen LogP contribution >= 0.6 is 0 Å². The lowest BCUT2D eigenvalue weighted by Crippen LogP contribution is -1.97. The van der Waals surface area contributed by atoms with E-state index in [0.717, 1.165) is 150 Å². The number of benzene rings is 14. The zero-order valence-corrected chi connectivity index (χ0v) is 57.4. The first kappa shape index (κ1) is 61.5. The van der Waals surface area contributed by atoms with Crippen LogP contribution in [0.4, 0.5) is 0 Å². The molecule has 106 heavy (non-hydrogen) atoms. The lowest BCUT2D eigenvalue weighted by molar-refractivity contribution is 1.18. The maximum absolute atomic E-state index is 5.55. The Hall–Kier alpha value is -14.3. The Labute approximate surface area is 611 Å². The van der Waals surface area contributed by atoms with E-state index in [0.29, 0.717) is 11.6 Å². The number of para-hydroxylation sites is 4. The van der Waals surface area contributed by atoms with Crippen LogP contribution < -0.4 is 0 Å². The maximum atomic E-state index is 5.55. The lowest BCUT2D eigenvalue weighted by atomic mass is 9.91. The first-order chi connectivity index (χ1) is 52.6. The summed E-state index contributed by atoms with van der Waals surface area (Å²) in [7, 11) is 0. The average Bonchev–Trinajstić information content (AvgIpc) is 1.47. The number of rotatable bonds is 13. The van der Waals surface area contributed by atoms with Crippen LogP contribution in [0.1, 0.15) is 0 Å². The van der Waals surface area contributed by atoms with Crippen molar-refractivity contribution in [1.29, 1.82) is 0 Å². The molecule has 8 heteroatoms. The minimum absolute atomic E-state index is 0.613. The number of hydrogen-bond donors (Lipinski definition) is 0. The van der Waals surface area contributed by atoms with Crippen LogP contribution in [0.3, 0.4) is 0 Å². The molecule has 0 bridgehead atoms. The van der Waals surface area contributed by atoms with E-state index in [2.05, 4.69) is 342 Å². The summed E-state index contributed by atoms with van der Waals surface area (Å²) in [5.41, 5.74) is 26.8. The van der Waals surface area contributed by atoms with Crippen LogP contribution in [0.5, 0.6) is 0 Å². The molecule has 494 valence electrons. The number of hydrogen-bond acceptors (Lipinski definition) is 6. The first-order valence-corrected chi connectivity index (χ1v) is 35.8. The zero-order valence-electron chi connectivity index (χ0n) is 57.4. The van der Waals surface area contributed by atoms with Crippen LogP contribution in [0.15, 0.2) is 377 Å². The minimum atomic E-state index is 0.613. The van der Waals surface area contributed by atoms with Gasteiger partial charge in [0, 0.05) is 96.7 Å². The molecule has 0 aliphatic heterocycles. The van der Waals surface area contributed by atoms with Crippen molar-refractivity contribution in [2.24, 2.45) is 0 Å². The van der Waals surface area contributed by atoms with Gasteiger partial charge in [0.15, 0.2) is 11.6 Å². The number of nitrogens with zero attached hydrogens (tertiary/aromatic N) is 8. The molecule has 14 aromatic carbocycles. The Morgan fingerprint density at radius 1 is 0.189 bits per heavy atom. The zero-order chi connectivity index (χ0) is 70.0. The predicted octanol–water partition coefficient (Wildman–Crippen LogP) is 24.9. The van der Waals surface area contributed by atoms with Crippen LogP contribution in [0, 0.1) is 0 Å². The van der Waals surface area contributed by atoms with Gasteiger partial charge in [0.2, 0.25) is 0 Å². The summed E-state index contributed by atoms with van der Waals surface area (Å²) < 4.78 is 4.76. The van der Waals surface area contributed by atoms with Gasteiger partial charge in [0.05, 0.1) is 44.8 Å². The third kappa shape index (κ3) is 10.8. The minimum Gasteiger partial charge on any atom is -0.309 e. The molecule has 6 aromatic heterocycles. The molecule has 0 saturated carbocycles. The van der Waals surface area contributed by atoms with Gasteiger partial charge in [-0.2, -0.15) is 0 Å². The fourth-order valence-corrected chi connectivity index (χ4v) is 15.8. The van der Waals surface area contributed by atoms with Crippen molar-refractivity contribution in [3.05, 3.63) is 377 Å². The van der Waals surface area contributed by atoms with Gasteiger partial charge in [0.1, 0.15) is 0 Å². The molecular weight excluding hydrogens is 1290 g/mol. The summed E-state index contributed by atoms with van der Waals surface area (Å²) in [6, 6.07) is 125. The Balaban J connectivity index is 0.663. The van der Waals surface area contributed by atoms with Gasteiger partial charge in [-0.15, -0.1) is 0 Å². The van der Waals surface area contributed by atoms with Crippen molar-refractivity contribution >= 4 is 65.2 Å². The molecule has 0 N–H and O–H groups in total. The third-order valence-corrected chi connectivity index (χ3v) is 20.8. The van der Waals surface area contributed by atoms with Crippen LogP contribution in [0.25, 0.3) is 200 Å². The second-order valence-electron chi connectivity index (χ2n) is 26.9. The van der Waals surface area contributed by atoms with Crippen molar-refractivity contribution < 1.29 is 0 Å². The molecule has 20 rings (SSSR count). The first-order valence-electron chi connectivity index (χ1n) is 35.8. The van der Waals surface area contributed by atoms with E-state index in [9.17, 15) is 0 Å². The highest BCUT2D eigenvalue weighted by Gasteiger charge is 2.23. The van der Waals surface area contributed by atoms with Crippen LogP contribution in [0.2, 0.25) is 0 Å². The molecule has 0 atom stereocenters. The van der Waals surface area contributed by atoms with Crippen molar-refractivity contribution in [1.82, 2.24) is 39.0 Å². The molecule has 0 fully saturated rings. The van der Waals surface area contributed by atoms with E-state index in [4.69, 9.17) is 24.9 Å². The van der Waals surface area contributed by atoms with Gasteiger partial charge < -0.3 is 9.13 Å². The topological polar surface area (TPSA) is 87.2 Å². The summed E-state index contributed by atoms with van der Waals surface area (Å²) in [5, 5.41) is 9.36. The van der Waals surface area contributed by atoms with E-state index < -0.39 is 0 Å². The summed E-state index contributed by atoms with van der Waals surface area (Å²) in [4.78, 5) is 30.9. The van der Waals surface area contributed by atoms with Crippen molar-refractivity contribution in [2.75, 3.05) is 0 Å². The summed E-state index contributed by atoms with van der Waals surface area (Å²) in [5.74, 6) is 1.26. The van der Waals surface area contributed by atoms with Gasteiger partial charge >= 0.3 is 0 Å². The monoisotopic (exact) mass is 1350 g/mol. The quantitative estimate of drug-likeness (QED) is 0.114. The molecule has 0 aliphatic rings. The Kier molecular flexibility index (Phi) is 15.0. The maximum Gasteiger partial charge on any atom is 0.160 e. The predicted molar refractivity (Wildman–Crippen MR) is 437 cm³/mol. The van der Waals surface area contributed by atoms with Gasteiger partial charge in [-0.3, -0.25) is 9.97 Å². The lowest BCUT2D eigenvalue weighted by Gasteiger charge is -2.15. The normalized spacial score (nSPS) is 11.6. The number of fused-ring (bicyclic) bond motifs is 8. The SMILES string of the molecule is c1ccc(-c2nc(-c3ccc(-c4cnccc4-c4cccc(-c5nc(-c6ccc(-c7cccnc7)cc6)cc(-c6ccc(-c7ccc8c9ccccc9n(-c9ccccc9)c8c7)c7ccccc67)n5)c4)cc3)cc(-c3ccc(-c4cccc5c4c4ccccc4n5-c4ccccc4)c4ccccc34)n2)cc1. The third-order valence-electron chi connectivity index (χ3n) is 20.8. The highest BCUT2D eigenvalue weighted by molar-refractivity contribution is 6.19. The molecule has 0 amide bonds. The van der Waals surface area contributed by atoms with Crippen molar-refractivity contribution in [3.8, 4) is 135 Å². The molecule has 20 aromatic rings. The molecular formula is C98H62N8.